The van der Waals surface area contributed by atoms with Crippen LogP contribution in [0.25, 0.3) is 0 Å². The molecular weight excluding hydrogens is 206 g/mol. The van der Waals surface area contributed by atoms with Crippen molar-refractivity contribution in [1.29, 1.82) is 0 Å². The zero-order valence-electron chi connectivity index (χ0n) is 9.69. The number of imidazole rings is 1. The fraction of sp³-hybridized carbons (Fsp3) is 0.636. The Bertz CT molecular complexity index is 323. The molecular formula is C11H19N3O2. The van der Waals surface area contributed by atoms with Crippen LogP contribution in [0.1, 0.15) is 26.2 Å². The first-order valence-electron chi connectivity index (χ1n) is 5.72. The summed E-state index contributed by atoms with van der Waals surface area (Å²) in [6.07, 6.45) is 8.04. The number of hydrogen-bond acceptors (Lipinski definition) is 2. The van der Waals surface area contributed by atoms with Crippen molar-refractivity contribution in [2.75, 3.05) is 6.54 Å². The zero-order valence-corrected chi connectivity index (χ0v) is 9.69. The SMILES string of the molecule is CCCCn1cc[n+](CCCNC(=O)[O-])c1. The van der Waals surface area contributed by atoms with Crippen LogP contribution in [0.3, 0.4) is 0 Å². The minimum absolute atomic E-state index is 0.440. The fourth-order valence-electron chi connectivity index (χ4n) is 1.50. The van der Waals surface area contributed by atoms with Crippen molar-refractivity contribution < 1.29 is 14.5 Å². The van der Waals surface area contributed by atoms with Crippen molar-refractivity contribution in [2.24, 2.45) is 0 Å². The highest BCUT2D eigenvalue weighted by Crippen LogP contribution is 1.93. The smallest absolute Gasteiger partial charge is 0.243 e. The first-order chi connectivity index (χ1) is 7.72. The molecule has 5 nitrogen and oxygen atoms in total. The first kappa shape index (κ1) is 12.5. The van der Waals surface area contributed by atoms with Gasteiger partial charge in [-0.05, 0) is 6.42 Å². The highest BCUT2D eigenvalue weighted by atomic mass is 16.4. The molecule has 1 aromatic heterocycles. The second-order valence-corrected chi connectivity index (χ2v) is 3.81. The molecule has 1 aromatic rings. The molecule has 0 atom stereocenters. The number of nitrogens with one attached hydrogen (secondary N) is 1. The Hall–Kier alpha value is -1.52. The first-order valence-corrected chi connectivity index (χ1v) is 5.72. The van der Waals surface area contributed by atoms with Gasteiger partial charge in [-0.3, -0.25) is 0 Å². The van der Waals surface area contributed by atoms with Crippen molar-refractivity contribution in [2.45, 2.75) is 39.3 Å². The molecule has 0 aliphatic rings. The molecule has 0 aliphatic carbocycles. The Balaban J connectivity index is 2.21. The second kappa shape index (κ2) is 6.87. The van der Waals surface area contributed by atoms with Gasteiger partial charge >= 0.3 is 0 Å². The van der Waals surface area contributed by atoms with Gasteiger partial charge in [-0.15, -0.1) is 0 Å². The lowest BCUT2D eigenvalue weighted by molar-refractivity contribution is -0.696. The average Bonchev–Trinajstić information content (AvgIpc) is 2.69. The van der Waals surface area contributed by atoms with Gasteiger partial charge in [0.15, 0.2) is 0 Å². The average molecular weight is 225 g/mol. The van der Waals surface area contributed by atoms with Gasteiger partial charge in [0.1, 0.15) is 18.5 Å². The van der Waals surface area contributed by atoms with Crippen LogP contribution in [-0.4, -0.2) is 17.2 Å². The largest absolute Gasteiger partial charge is 0.530 e. The molecule has 0 spiro atoms. The van der Waals surface area contributed by atoms with Gasteiger partial charge in [-0.1, -0.05) is 13.3 Å². The van der Waals surface area contributed by atoms with E-state index in [1.807, 2.05) is 12.4 Å². The predicted molar refractivity (Wildman–Crippen MR) is 57.6 cm³/mol. The molecule has 16 heavy (non-hydrogen) atoms. The lowest BCUT2D eigenvalue weighted by Gasteiger charge is -2.04. The van der Waals surface area contributed by atoms with E-state index in [-0.39, 0.29) is 0 Å². The Morgan fingerprint density at radius 3 is 3.00 bits per heavy atom. The van der Waals surface area contributed by atoms with E-state index in [0.29, 0.717) is 6.54 Å². The third-order valence-electron chi connectivity index (χ3n) is 2.38. The van der Waals surface area contributed by atoms with E-state index >= 15 is 0 Å². The van der Waals surface area contributed by atoms with E-state index in [4.69, 9.17) is 0 Å². The molecule has 90 valence electrons. The third kappa shape index (κ3) is 4.82. The Kier molecular flexibility index (Phi) is 5.39. The third-order valence-corrected chi connectivity index (χ3v) is 2.38. The molecule has 1 heterocycles. The zero-order chi connectivity index (χ0) is 11.8. The van der Waals surface area contributed by atoms with Crippen LogP contribution in [0.5, 0.6) is 0 Å². The van der Waals surface area contributed by atoms with E-state index < -0.39 is 6.09 Å². The Labute approximate surface area is 95.7 Å². The van der Waals surface area contributed by atoms with Crippen molar-refractivity contribution in [3.05, 3.63) is 18.7 Å². The molecule has 0 unspecified atom stereocenters. The minimum Gasteiger partial charge on any atom is -0.530 e. The van der Waals surface area contributed by atoms with Crippen LogP contribution in [0, 0.1) is 0 Å². The fourth-order valence-corrected chi connectivity index (χ4v) is 1.50. The standard InChI is InChI=1S/C11H19N3O2/c1-2-3-6-13-8-9-14(10-13)7-4-5-12-11(15)16/h8-10,12H,2-7H2,1H3. The van der Waals surface area contributed by atoms with Crippen LogP contribution in [-0.2, 0) is 13.1 Å². The summed E-state index contributed by atoms with van der Waals surface area (Å²) in [5.41, 5.74) is 0. The lowest BCUT2D eigenvalue weighted by atomic mass is 10.3. The van der Waals surface area contributed by atoms with Crippen molar-refractivity contribution in [3.8, 4) is 0 Å². The molecule has 5 heteroatoms. The summed E-state index contributed by atoms with van der Waals surface area (Å²) >= 11 is 0. The van der Waals surface area contributed by atoms with Gasteiger partial charge in [-0.2, -0.15) is 0 Å². The summed E-state index contributed by atoms with van der Waals surface area (Å²) in [5.74, 6) is 0. The summed E-state index contributed by atoms with van der Waals surface area (Å²) < 4.78 is 4.21. The summed E-state index contributed by atoms with van der Waals surface area (Å²) in [6, 6.07) is 0. The highest BCUT2D eigenvalue weighted by molar-refractivity contribution is 5.61. The van der Waals surface area contributed by atoms with Crippen molar-refractivity contribution >= 4 is 6.09 Å². The number of unbranched alkanes of at least 4 members (excludes halogenated alkanes) is 1. The molecule has 0 aliphatic heterocycles. The van der Waals surface area contributed by atoms with Crippen LogP contribution >= 0.6 is 0 Å². The van der Waals surface area contributed by atoms with E-state index in [1.165, 1.54) is 12.8 Å². The highest BCUT2D eigenvalue weighted by Gasteiger charge is 2.02. The van der Waals surface area contributed by atoms with Crippen LogP contribution in [0.2, 0.25) is 0 Å². The topological polar surface area (TPSA) is 61.0 Å². The summed E-state index contributed by atoms with van der Waals surface area (Å²) in [6.45, 7) is 4.47. The summed E-state index contributed by atoms with van der Waals surface area (Å²) in [5, 5.41) is 12.3. The van der Waals surface area contributed by atoms with Gasteiger partial charge < -0.3 is 15.2 Å². The minimum atomic E-state index is -1.20. The van der Waals surface area contributed by atoms with E-state index in [1.54, 1.807) is 0 Å². The second-order valence-electron chi connectivity index (χ2n) is 3.81. The van der Waals surface area contributed by atoms with Gasteiger partial charge in [0.05, 0.1) is 13.1 Å². The number of amides is 1. The predicted octanol–water partition coefficient (Wildman–Crippen LogP) is -0.101. The van der Waals surface area contributed by atoms with Gasteiger partial charge in [-0.25, -0.2) is 9.13 Å². The molecule has 0 saturated carbocycles. The molecule has 1 amide bonds. The maximum atomic E-state index is 10.1. The number of aryl methyl sites for hydroxylation is 2. The van der Waals surface area contributed by atoms with Gasteiger partial charge in [0, 0.05) is 13.0 Å². The normalized spacial score (nSPS) is 10.3. The number of carboxylic acid groups (broad SMARTS) is 1. The summed E-state index contributed by atoms with van der Waals surface area (Å²) in [7, 11) is 0. The molecule has 1 N–H and O–H groups in total. The van der Waals surface area contributed by atoms with Crippen LogP contribution < -0.4 is 15.0 Å². The maximum Gasteiger partial charge on any atom is 0.243 e. The lowest BCUT2D eigenvalue weighted by Crippen LogP contribution is -2.39. The van der Waals surface area contributed by atoms with Crippen LogP contribution in [0.4, 0.5) is 4.79 Å². The Morgan fingerprint density at radius 1 is 1.50 bits per heavy atom. The summed E-state index contributed by atoms with van der Waals surface area (Å²) in [4.78, 5) is 10.1. The quantitative estimate of drug-likeness (QED) is 0.520. The van der Waals surface area contributed by atoms with Crippen molar-refractivity contribution in [1.82, 2.24) is 9.88 Å². The van der Waals surface area contributed by atoms with Gasteiger partial charge in [0.25, 0.3) is 0 Å². The number of nitrogens with zero attached hydrogens (tertiary/aromatic N) is 2. The van der Waals surface area contributed by atoms with Crippen LogP contribution in [0.15, 0.2) is 18.7 Å². The molecule has 0 radical (unpaired) electrons. The van der Waals surface area contributed by atoms with E-state index in [2.05, 4.69) is 27.7 Å². The molecule has 0 bridgehead atoms. The monoisotopic (exact) mass is 225 g/mol. The van der Waals surface area contributed by atoms with Gasteiger partial charge in [0.2, 0.25) is 6.33 Å². The maximum absolute atomic E-state index is 10.1. The number of aromatic nitrogens is 2. The van der Waals surface area contributed by atoms with Crippen molar-refractivity contribution in [3.63, 3.8) is 0 Å². The molecule has 0 aromatic carbocycles. The molecule has 0 fully saturated rings. The number of carbonyl (C=O) groups is 1. The van der Waals surface area contributed by atoms with E-state index in [9.17, 15) is 9.90 Å². The van der Waals surface area contributed by atoms with E-state index in [0.717, 1.165) is 19.5 Å². The number of hydrogen-bond donors (Lipinski definition) is 1. The molecule has 1 rings (SSSR count). The number of rotatable bonds is 7. The molecule has 0 saturated heterocycles. The Morgan fingerprint density at radius 2 is 2.31 bits per heavy atom. The number of carbonyl (C=O) groups excluding carboxylic acids is 1.